The molecule has 1 rings (SSSR count). The molecule has 0 aromatic carbocycles. The van der Waals surface area contributed by atoms with Crippen LogP contribution in [0.4, 0.5) is 0 Å². The molecule has 0 radical (unpaired) electrons. The highest BCUT2D eigenvalue weighted by atomic mass is 32.2. The molecule has 0 N–H and O–H groups in total. The molecule has 88 valence electrons. The van der Waals surface area contributed by atoms with Gasteiger partial charge in [-0.1, -0.05) is 59.8 Å². The summed E-state index contributed by atoms with van der Waals surface area (Å²) >= 11 is 2.02. The van der Waals surface area contributed by atoms with E-state index in [1.807, 2.05) is 25.6 Å². The van der Waals surface area contributed by atoms with Gasteiger partial charge in [0.1, 0.15) is 0 Å². The number of hydrogen-bond acceptors (Lipinski definition) is 1. The molecular weight excluding hydrogens is 200 g/mol. The molecule has 1 aliphatic carbocycles. The normalized spacial score (nSPS) is 18.2. The Morgan fingerprint density at radius 1 is 1.33 bits per heavy atom. The minimum atomic E-state index is 0.369. The van der Waals surface area contributed by atoms with Gasteiger partial charge in [-0.25, -0.2) is 0 Å². The first-order chi connectivity index (χ1) is 7.02. The van der Waals surface area contributed by atoms with Crippen LogP contribution in [0.3, 0.4) is 0 Å². The van der Waals surface area contributed by atoms with Crippen LogP contribution in [-0.4, -0.2) is 5.75 Å². The second-order valence-electron chi connectivity index (χ2n) is 4.75. The Balaban J connectivity index is 0.000000921. The fraction of sp³-hybridized carbons (Fsp3) is 0.714. The minimum absolute atomic E-state index is 0.369. The lowest BCUT2D eigenvalue weighted by atomic mass is 9.86. The Morgan fingerprint density at radius 2 is 1.93 bits per heavy atom. The highest BCUT2D eigenvalue weighted by molar-refractivity contribution is 8.03. The molecule has 0 heterocycles. The minimum Gasteiger partial charge on any atom is -0.130 e. The monoisotopic (exact) mass is 226 g/mol. The number of rotatable bonds is 3. The molecule has 0 saturated carbocycles. The van der Waals surface area contributed by atoms with Crippen molar-refractivity contribution in [3.63, 3.8) is 0 Å². The predicted octanol–water partition coefficient (Wildman–Crippen LogP) is 5.27. The SMILES string of the molecule is CC.CC(C)CSC1=CC=CCC1(C)C. The van der Waals surface area contributed by atoms with Crippen LogP contribution in [0.1, 0.15) is 48.0 Å². The van der Waals surface area contributed by atoms with Gasteiger partial charge in [0.2, 0.25) is 0 Å². The Labute approximate surface area is 100 Å². The summed E-state index contributed by atoms with van der Waals surface area (Å²) in [4.78, 5) is 1.55. The summed E-state index contributed by atoms with van der Waals surface area (Å²) in [7, 11) is 0. The van der Waals surface area contributed by atoms with Crippen LogP contribution in [-0.2, 0) is 0 Å². The second-order valence-corrected chi connectivity index (χ2v) is 5.81. The van der Waals surface area contributed by atoms with Crippen molar-refractivity contribution in [1.29, 1.82) is 0 Å². The maximum absolute atomic E-state index is 2.33. The van der Waals surface area contributed by atoms with E-state index in [-0.39, 0.29) is 0 Å². The summed E-state index contributed by atoms with van der Waals surface area (Å²) in [6.07, 6.45) is 7.91. The lowest BCUT2D eigenvalue weighted by molar-refractivity contribution is 0.474. The first kappa shape index (κ1) is 14.8. The molecule has 0 unspecified atom stereocenters. The third-order valence-electron chi connectivity index (χ3n) is 2.25. The van der Waals surface area contributed by atoms with Crippen LogP contribution >= 0.6 is 11.8 Å². The number of hydrogen-bond donors (Lipinski definition) is 0. The van der Waals surface area contributed by atoms with E-state index in [4.69, 9.17) is 0 Å². The fourth-order valence-corrected chi connectivity index (χ4v) is 2.51. The van der Waals surface area contributed by atoms with Gasteiger partial charge < -0.3 is 0 Å². The summed E-state index contributed by atoms with van der Waals surface area (Å²) in [5, 5.41) is 0. The van der Waals surface area contributed by atoms with Crippen molar-refractivity contribution in [1.82, 2.24) is 0 Å². The molecule has 0 aromatic rings. The molecule has 0 aromatic heterocycles. The molecule has 1 heteroatoms. The van der Waals surface area contributed by atoms with Gasteiger partial charge >= 0.3 is 0 Å². The van der Waals surface area contributed by atoms with E-state index in [2.05, 4.69) is 45.9 Å². The Hall–Kier alpha value is -0.170. The quantitative estimate of drug-likeness (QED) is 0.631. The van der Waals surface area contributed by atoms with Crippen molar-refractivity contribution in [2.24, 2.45) is 11.3 Å². The van der Waals surface area contributed by atoms with Gasteiger partial charge in [0.15, 0.2) is 0 Å². The van der Waals surface area contributed by atoms with Crippen LogP contribution < -0.4 is 0 Å². The summed E-state index contributed by atoms with van der Waals surface area (Å²) in [5.74, 6) is 2.02. The van der Waals surface area contributed by atoms with Gasteiger partial charge in [0.05, 0.1) is 0 Å². The van der Waals surface area contributed by atoms with Crippen LogP contribution in [0.5, 0.6) is 0 Å². The molecule has 0 aliphatic heterocycles. The third-order valence-corrected chi connectivity index (χ3v) is 4.08. The Kier molecular flexibility index (Phi) is 7.08. The van der Waals surface area contributed by atoms with Crippen molar-refractivity contribution >= 4 is 11.8 Å². The van der Waals surface area contributed by atoms with Crippen molar-refractivity contribution in [2.75, 3.05) is 5.75 Å². The lowest BCUT2D eigenvalue weighted by Gasteiger charge is -2.28. The largest absolute Gasteiger partial charge is 0.130 e. The molecule has 1 aliphatic rings. The van der Waals surface area contributed by atoms with Crippen LogP contribution in [0.2, 0.25) is 0 Å². The first-order valence-electron chi connectivity index (χ1n) is 6.02. The van der Waals surface area contributed by atoms with Crippen LogP contribution in [0.25, 0.3) is 0 Å². The van der Waals surface area contributed by atoms with Crippen molar-refractivity contribution < 1.29 is 0 Å². The fourth-order valence-electron chi connectivity index (χ4n) is 1.34. The zero-order valence-electron chi connectivity index (χ0n) is 11.1. The van der Waals surface area contributed by atoms with Gasteiger partial charge in [-0.3, -0.25) is 0 Å². The average molecular weight is 226 g/mol. The van der Waals surface area contributed by atoms with E-state index >= 15 is 0 Å². The molecule has 0 bridgehead atoms. The number of thioether (sulfide) groups is 1. The molecule has 0 amide bonds. The van der Waals surface area contributed by atoms with Gasteiger partial charge in [-0.15, -0.1) is 11.8 Å². The van der Waals surface area contributed by atoms with E-state index < -0.39 is 0 Å². The topological polar surface area (TPSA) is 0 Å². The molecule has 0 atom stereocenters. The highest BCUT2D eigenvalue weighted by Gasteiger charge is 2.23. The van der Waals surface area contributed by atoms with Crippen LogP contribution in [0, 0.1) is 11.3 Å². The molecular formula is C14H26S. The standard InChI is InChI=1S/C12H20S.C2H6/c1-10(2)9-13-11-7-5-6-8-12(11,3)4;1-2/h5-7,10H,8-9H2,1-4H3;1-2H3. The maximum atomic E-state index is 2.33. The van der Waals surface area contributed by atoms with Gasteiger partial charge in [0.25, 0.3) is 0 Å². The van der Waals surface area contributed by atoms with E-state index in [1.54, 1.807) is 4.91 Å². The third kappa shape index (κ3) is 5.46. The number of allylic oxidation sites excluding steroid dienone is 4. The van der Waals surface area contributed by atoms with Crippen molar-refractivity contribution in [3.8, 4) is 0 Å². The average Bonchev–Trinajstić information content (AvgIpc) is 2.18. The van der Waals surface area contributed by atoms with Crippen LogP contribution in [0.15, 0.2) is 23.1 Å². The zero-order chi connectivity index (χ0) is 11.9. The van der Waals surface area contributed by atoms with Crippen molar-refractivity contribution in [2.45, 2.75) is 48.0 Å². The molecule has 0 fully saturated rings. The van der Waals surface area contributed by atoms with E-state index in [0.29, 0.717) is 5.41 Å². The van der Waals surface area contributed by atoms with Gasteiger partial charge in [-0.2, -0.15) is 0 Å². The first-order valence-corrected chi connectivity index (χ1v) is 7.01. The molecule has 0 nitrogen and oxygen atoms in total. The Bertz CT molecular complexity index is 221. The molecule has 0 spiro atoms. The summed E-state index contributed by atoms with van der Waals surface area (Å²) < 4.78 is 0. The predicted molar refractivity (Wildman–Crippen MR) is 74.3 cm³/mol. The van der Waals surface area contributed by atoms with E-state index in [0.717, 1.165) is 5.92 Å². The highest BCUT2D eigenvalue weighted by Crippen LogP contribution is 2.40. The van der Waals surface area contributed by atoms with E-state index in [1.165, 1.54) is 12.2 Å². The summed E-state index contributed by atoms with van der Waals surface area (Å²) in [6, 6.07) is 0. The smallest absolute Gasteiger partial charge is 0.00000975 e. The van der Waals surface area contributed by atoms with Crippen molar-refractivity contribution in [3.05, 3.63) is 23.1 Å². The second kappa shape index (κ2) is 7.16. The molecule has 0 saturated heterocycles. The maximum Gasteiger partial charge on any atom is 0.00000975 e. The van der Waals surface area contributed by atoms with Gasteiger partial charge in [-0.05, 0) is 22.7 Å². The van der Waals surface area contributed by atoms with E-state index in [9.17, 15) is 0 Å². The summed E-state index contributed by atoms with van der Waals surface area (Å²) in [6.45, 7) is 13.2. The Morgan fingerprint density at radius 3 is 2.40 bits per heavy atom. The molecule has 15 heavy (non-hydrogen) atoms. The zero-order valence-corrected chi connectivity index (χ0v) is 11.9. The van der Waals surface area contributed by atoms with Gasteiger partial charge in [0, 0.05) is 5.75 Å². The lowest BCUT2D eigenvalue weighted by Crippen LogP contribution is -2.14. The summed E-state index contributed by atoms with van der Waals surface area (Å²) in [5.41, 5.74) is 0.369.